The lowest BCUT2D eigenvalue weighted by atomic mass is 10.1. The maximum atomic E-state index is 6.04. The summed E-state index contributed by atoms with van der Waals surface area (Å²) < 4.78 is 7.28. The molecule has 0 fully saturated rings. The van der Waals surface area contributed by atoms with Crippen molar-refractivity contribution in [2.45, 2.75) is 0 Å². The number of fused-ring (bicyclic) bond motifs is 1. The van der Waals surface area contributed by atoms with E-state index in [2.05, 4.69) is 25.5 Å². The molecule has 4 rings (SSSR count). The lowest BCUT2D eigenvalue weighted by Crippen LogP contribution is -2.02. The standard InChI is InChI=1S/C15H13ClN8O/c1-23-21-15(19-22-23)8-4-3-5-10(13(8)25-2)24-11-6-12(16)18-7-9(11)14(17)20-24/h3-7H,1-2H3,(H2,17,20). The summed E-state index contributed by atoms with van der Waals surface area (Å²) >= 11 is 6.04. The Morgan fingerprint density at radius 1 is 1.24 bits per heavy atom. The predicted molar refractivity (Wildman–Crippen MR) is 92.6 cm³/mol. The number of para-hydroxylation sites is 1. The number of tetrazole rings is 1. The van der Waals surface area contributed by atoms with Crippen molar-refractivity contribution in [2.75, 3.05) is 12.8 Å². The van der Waals surface area contributed by atoms with Crippen LogP contribution in [0, 0.1) is 0 Å². The Hall–Kier alpha value is -3.20. The van der Waals surface area contributed by atoms with Crippen molar-refractivity contribution in [3.8, 4) is 22.8 Å². The first-order chi connectivity index (χ1) is 12.1. The van der Waals surface area contributed by atoms with Crippen LogP contribution >= 0.6 is 11.6 Å². The van der Waals surface area contributed by atoms with Gasteiger partial charge in [0.15, 0.2) is 11.6 Å². The lowest BCUT2D eigenvalue weighted by Gasteiger charge is -2.12. The Kier molecular flexibility index (Phi) is 3.50. The predicted octanol–water partition coefficient (Wildman–Crippen LogP) is 1.86. The molecule has 1 aromatic carbocycles. The van der Waals surface area contributed by atoms with Gasteiger partial charge in [-0.1, -0.05) is 17.7 Å². The molecule has 126 valence electrons. The third kappa shape index (κ3) is 2.45. The van der Waals surface area contributed by atoms with E-state index in [1.807, 2.05) is 18.2 Å². The SMILES string of the molecule is COc1c(-c2nnn(C)n2)cccc1-n1nc(N)c2cnc(Cl)cc21. The molecule has 0 saturated heterocycles. The van der Waals surface area contributed by atoms with E-state index in [4.69, 9.17) is 22.1 Å². The second kappa shape index (κ2) is 5.71. The van der Waals surface area contributed by atoms with Gasteiger partial charge in [-0.2, -0.15) is 4.80 Å². The largest absolute Gasteiger partial charge is 0.494 e. The van der Waals surface area contributed by atoms with Crippen molar-refractivity contribution in [3.63, 3.8) is 0 Å². The number of rotatable bonds is 3. The molecular formula is C15H13ClN8O. The first kappa shape index (κ1) is 15.3. The minimum absolute atomic E-state index is 0.347. The Labute approximate surface area is 147 Å². The summed E-state index contributed by atoms with van der Waals surface area (Å²) in [5, 5.41) is 17.6. The second-order valence-corrected chi connectivity index (χ2v) is 5.67. The first-order valence-electron chi connectivity index (χ1n) is 7.30. The van der Waals surface area contributed by atoms with Gasteiger partial charge in [0.2, 0.25) is 5.82 Å². The Morgan fingerprint density at radius 2 is 2.08 bits per heavy atom. The molecular weight excluding hydrogens is 344 g/mol. The second-order valence-electron chi connectivity index (χ2n) is 5.28. The molecule has 0 unspecified atom stereocenters. The summed E-state index contributed by atoms with van der Waals surface area (Å²) in [6.45, 7) is 0. The number of nitrogens with two attached hydrogens (primary N) is 1. The maximum Gasteiger partial charge on any atom is 0.208 e. The van der Waals surface area contributed by atoms with Gasteiger partial charge in [-0.15, -0.1) is 15.3 Å². The monoisotopic (exact) mass is 356 g/mol. The summed E-state index contributed by atoms with van der Waals surface area (Å²) in [5.41, 5.74) is 8.10. The van der Waals surface area contributed by atoms with Crippen molar-refractivity contribution in [1.82, 2.24) is 35.0 Å². The van der Waals surface area contributed by atoms with Crippen LogP contribution in [0.4, 0.5) is 5.82 Å². The van der Waals surface area contributed by atoms with Crippen molar-refractivity contribution in [3.05, 3.63) is 35.6 Å². The van der Waals surface area contributed by atoms with Crippen LogP contribution in [-0.2, 0) is 7.05 Å². The van der Waals surface area contributed by atoms with E-state index in [9.17, 15) is 0 Å². The number of methoxy groups -OCH3 is 1. The van der Waals surface area contributed by atoms with Gasteiger partial charge in [-0.25, -0.2) is 9.67 Å². The molecule has 0 spiro atoms. The Balaban J connectivity index is 1.99. The molecule has 0 aliphatic carbocycles. The van der Waals surface area contributed by atoms with Crippen LogP contribution < -0.4 is 10.5 Å². The number of hydrogen-bond donors (Lipinski definition) is 1. The minimum atomic E-state index is 0.347. The molecule has 4 aromatic rings. The van der Waals surface area contributed by atoms with E-state index in [1.165, 1.54) is 4.80 Å². The van der Waals surface area contributed by atoms with Crippen LogP contribution in [0.25, 0.3) is 28.0 Å². The van der Waals surface area contributed by atoms with Gasteiger partial charge in [-0.3, -0.25) is 0 Å². The van der Waals surface area contributed by atoms with Crippen molar-refractivity contribution in [1.29, 1.82) is 0 Å². The van der Waals surface area contributed by atoms with Gasteiger partial charge in [0.1, 0.15) is 10.8 Å². The van der Waals surface area contributed by atoms with E-state index < -0.39 is 0 Å². The number of nitrogens with zero attached hydrogens (tertiary/aromatic N) is 7. The first-order valence-corrected chi connectivity index (χ1v) is 7.68. The van der Waals surface area contributed by atoms with Gasteiger partial charge in [-0.05, 0) is 17.3 Å². The van der Waals surface area contributed by atoms with Gasteiger partial charge >= 0.3 is 0 Å². The number of aryl methyl sites for hydroxylation is 1. The zero-order chi connectivity index (χ0) is 17.6. The molecule has 0 aliphatic heterocycles. The highest BCUT2D eigenvalue weighted by Gasteiger charge is 2.19. The average Bonchev–Trinajstić information content (AvgIpc) is 3.17. The normalized spacial score (nSPS) is 11.2. The third-order valence-electron chi connectivity index (χ3n) is 3.74. The topological polar surface area (TPSA) is 110 Å². The molecule has 2 N–H and O–H groups in total. The summed E-state index contributed by atoms with van der Waals surface area (Å²) in [5.74, 6) is 1.35. The molecule has 9 nitrogen and oxygen atoms in total. The van der Waals surface area contributed by atoms with Crippen LogP contribution in [0.15, 0.2) is 30.5 Å². The number of halogens is 1. The molecule has 0 amide bonds. The van der Waals surface area contributed by atoms with Gasteiger partial charge < -0.3 is 10.5 Å². The van der Waals surface area contributed by atoms with Crippen LogP contribution in [-0.4, -0.2) is 42.1 Å². The molecule has 25 heavy (non-hydrogen) atoms. The molecule has 0 saturated carbocycles. The lowest BCUT2D eigenvalue weighted by molar-refractivity contribution is 0.413. The van der Waals surface area contributed by atoms with E-state index in [-0.39, 0.29) is 0 Å². The zero-order valence-corrected chi connectivity index (χ0v) is 14.1. The van der Waals surface area contributed by atoms with Crippen molar-refractivity contribution >= 4 is 28.3 Å². The van der Waals surface area contributed by atoms with E-state index in [0.717, 1.165) is 5.52 Å². The highest BCUT2D eigenvalue weighted by Crippen LogP contribution is 2.35. The number of aromatic nitrogens is 7. The average molecular weight is 357 g/mol. The van der Waals surface area contributed by atoms with E-state index in [0.29, 0.717) is 39.2 Å². The van der Waals surface area contributed by atoms with E-state index >= 15 is 0 Å². The van der Waals surface area contributed by atoms with E-state index in [1.54, 1.807) is 31.1 Å². The number of hydrogen-bond acceptors (Lipinski definition) is 7. The van der Waals surface area contributed by atoms with Gasteiger partial charge in [0.25, 0.3) is 0 Å². The van der Waals surface area contributed by atoms with Crippen LogP contribution in [0.3, 0.4) is 0 Å². The summed E-state index contributed by atoms with van der Waals surface area (Å²) in [4.78, 5) is 5.44. The molecule has 10 heteroatoms. The number of benzene rings is 1. The summed E-state index contributed by atoms with van der Waals surface area (Å²) in [6, 6.07) is 7.27. The highest BCUT2D eigenvalue weighted by atomic mass is 35.5. The zero-order valence-electron chi connectivity index (χ0n) is 13.4. The Morgan fingerprint density at radius 3 is 2.80 bits per heavy atom. The summed E-state index contributed by atoms with van der Waals surface area (Å²) in [7, 11) is 3.27. The fraction of sp³-hybridized carbons (Fsp3) is 0.133. The number of pyridine rings is 1. The van der Waals surface area contributed by atoms with Crippen molar-refractivity contribution in [2.24, 2.45) is 7.05 Å². The van der Waals surface area contributed by atoms with Crippen LogP contribution in [0.5, 0.6) is 5.75 Å². The fourth-order valence-corrected chi connectivity index (χ4v) is 2.82. The quantitative estimate of drug-likeness (QED) is 0.558. The molecule has 0 radical (unpaired) electrons. The smallest absolute Gasteiger partial charge is 0.208 e. The third-order valence-corrected chi connectivity index (χ3v) is 3.94. The number of nitrogen functional groups attached to an aromatic ring is 1. The van der Waals surface area contributed by atoms with Crippen LogP contribution in [0.1, 0.15) is 0 Å². The molecule has 0 atom stereocenters. The Bertz CT molecular complexity index is 1090. The summed E-state index contributed by atoms with van der Waals surface area (Å²) in [6.07, 6.45) is 1.59. The molecule has 0 aliphatic rings. The molecule has 3 heterocycles. The fourth-order valence-electron chi connectivity index (χ4n) is 2.67. The minimum Gasteiger partial charge on any atom is -0.494 e. The van der Waals surface area contributed by atoms with Crippen LogP contribution in [0.2, 0.25) is 5.15 Å². The molecule has 0 bridgehead atoms. The van der Waals surface area contributed by atoms with Gasteiger partial charge in [0.05, 0.1) is 30.6 Å². The molecule has 3 aromatic heterocycles. The maximum absolute atomic E-state index is 6.04. The van der Waals surface area contributed by atoms with Gasteiger partial charge in [0, 0.05) is 12.3 Å². The number of anilines is 1. The highest BCUT2D eigenvalue weighted by molar-refractivity contribution is 6.30. The van der Waals surface area contributed by atoms with Crippen molar-refractivity contribution < 1.29 is 4.74 Å². The number of ether oxygens (including phenoxy) is 1.